The number of nitrogens with zero attached hydrogens (tertiary/aromatic N) is 1. The number of hydrazine groups is 1. The molecular weight excluding hydrogens is 258 g/mol. The van der Waals surface area contributed by atoms with E-state index in [2.05, 4.69) is 30.7 Å². The van der Waals surface area contributed by atoms with Crippen LogP contribution in [0.4, 0.5) is 4.79 Å². The molecule has 0 aromatic heterocycles. The van der Waals surface area contributed by atoms with Crippen LogP contribution in [0.2, 0.25) is 0 Å². The molecule has 1 aromatic rings. The van der Waals surface area contributed by atoms with Crippen LogP contribution >= 0.6 is 11.9 Å². The van der Waals surface area contributed by atoms with Gasteiger partial charge in [-0.15, -0.1) is 0 Å². The summed E-state index contributed by atoms with van der Waals surface area (Å²) in [6, 6.07) is 9.89. The second kappa shape index (κ2) is 5.84. The van der Waals surface area contributed by atoms with E-state index in [9.17, 15) is 4.79 Å². The number of hydrogen-bond donors (Lipinski definition) is 2. The molecule has 0 heterocycles. The number of nitrogens with two attached hydrogens (primary N) is 1. The van der Waals surface area contributed by atoms with E-state index in [4.69, 9.17) is 5.84 Å². The molecule has 5 heteroatoms. The number of carbonyl (C=O) groups is 1. The molecule has 0 radical (unpaired) electrons. The molecule has 1 aromatic carbocycles. The van der Waals surface area contributed by atoms with Crippen molar-refractivity contribution in [2.45, 2.75) is 31.4 Å². The number of hydrogen-bond acceptors (Lipinski definition) is 3. The van der Waals surface area contributed by atoms with Gasteiger partial charge in [-0.05, 0) is 50.1 Å². The summed E-state index contributed by atoms with van der Waals surface area (Å²) >= 11 is 1.39. The largest absolute Gasteiger partial charge is 0.341 e. The molecular formula is C14H21N3OS. The molecule has 0 unspecified atom stereocenters. The van der Waals surface area contributed by atoms with Crippen molar-refractivity contribution in [1.82, 2.24) is 9.73 Å². The van der Waals surface area contributed by atoms with Gasteiger partial charge in [-0.1, -0.05) is 30.3 Å². The predicted octanol–water partition coefficient (Wildman–Crippen LogP) is 2.87. The summed E-state index contributed by atoms with van der Waals surface area (Å²) in [5.41, 5.74) is 1.17. The van der Waals surface area contributed by atoms with Crippen LogP contribution < -0.4 is 10.6 Å². The van der Waals surface area contributed by atoms with E-state index >= 15 is 0 Å². The summed E-state index contributed by atoms with van der Waals surface area (Å²) < 4.78 is 2.65. The molecule has 0 saturated heterocycles. The Kier molecular flexibility index (Phi) is 4.37. The Labute approximate surface area is 118 Å². The molecule has 104 valence electrons. The van der Waals surface area contributed by atoms with Crippen molar-refractivity contribution >= 4 is 18.0 Å². The van der Waals surface area contributed by atoms with Crippen LogP contribution in [0.3, 0.4) is 0 Å². The molecule has 3 N–H and O–H groups in total. The zero-order valence-corrected chi connectivity index (χ0v) is 12.2. The normalized spacial score (nSPS) is 15.1. The molecule has 2 rings (SSSR count). The lowest BCUT2D eigenvalue weighted by atomic mass is 10.0. The predicted molar refractivity (Wildman–Crippen MR) is 79.2 cm³/mol. The minimum absolute atomic E-state index is 0.183. The lowest BCUT2D eigenvalue weighted by molar-refractivity contribution is 0.203. The van der Waals surface area contributed by atoms with Crippen molar-refractivity contribution in [3.63, 3.8) is 0 Å². The first-order valence-corrected chi connectivity index (χ1v) is 7.36. The van der Waals surface area contributed by atoms with Gasteiger partial charge in [0.25, 0.3) is 0 Å². The monoisotopic (exact) mass is 279 g/mol. The number of benzene rings is 1. The van der Waals surface area contributed by atoms with Gasteiger partial charge in [-0.3, -0.25) is 9.73 Å². The van der Waals surface area contributed by atoms with E-state index in [0.29, 0.717) is 12.5 Å². The van der Waals surface area contributed by atoms with Crippen LogP contribution in [0.15, 0.2) is 30.3 Å². The van der Waals surface area contributed by atoms with Gasteiger partial charge in [0.2, 0.25) is 0 Å². The van der Waals surface area contributed by atoms with E-state index in [1.54, 1.807) is 0 Å². The van der Waals surface area contributed by atoms with Crippen LogP contribution in [0.5, 0.6) is 0 Å². The van der Waals surface area contributed by atoms with E-state index in [0.717, 1.165) is 0 Å². The molecule has 19 heavy (non-hydrogen) atoms. The zero-order chi connectivity index (χ0) is 13.9. The third kappa shape index (κ3) is 4.14. The number of carbonyl (C=O) groups excluding carboxylic acids is 1. The fourth-order valence-electron chi connectivity index (χ4n) is 1.79. The SMILES string of the molecule is CC(C)(SNC(=O)N(N)CC1CC1)c1ccccc1. The summed E-state index contributed by atoms with van der Waals surface area (Å²) in [6.45, 7) is 4.81. The summed E-state index contributed by atoms with van der Waals surface area (Å²) in [5, 5.41) is 1.28. The van der Waals surface area contributed by atoms with Gasteiger partial charge < -0.3 is 0 Å². The number of amides is 2. The Balaban J connectivity index is 1.84. The lowest BCUT2D eigenvalue weighted by Gasteiger charge is -2.26. The first kappa shape index (κ1) is 14.2. The van der Waals surface area contributed by atoms with Crippen molar-refractivity contribution in [3.05, 3.63) is 35.9 Å². The van der Waals surface area contributed by atoms with E-state index in [-0.39, 0.29) is 10.8 Å². The fraction of sp³-hybridized carbons (Fsp3) is 0.500. The number of nitrogens with one attached hydrogen (secondary N) is 1. The highest BCUT2D eigenvalue weighted by Gasteiger charge is 2.27. The molecule has 1 fully saturated rings. The van der Waals surface area contributed by atoms with Crippen LogP contribution in [0.25, 0.3) is 0 Å². The third-order valence-corrected chi connectivity index (χ3v) is 4.30. The molecule has 0 spiro atoms. The Bertz CT molecular complexity index is 432. The molecule has 2 amide bonds. The first-order chi connectivity index (χ1) is 8.99. The maximum Gasteiger partial charge on any atom is 0.341 e. The van der Waals surface area contributed by atoms with Crippen LogP contribution in [-0.4, -0.2) is 17.6 Å². The Morgan fingerprint density at radius 2 is 2.05 bits per heavy atom. The second-order valence-electron chi connectivity index (χ2n) is 5.48. The summed E-state index contributed by atoms with van der Waals surface area (Å²) in [5.74, 6) is 6.33. The Morgan fingerprint density at radius 3 is 2.63 bits per heavy atom. The smallest absolute Gasteiger partial charge is 0.280 e. The van der Waals surface area contributed by atoms with Gasteiger partial charge >= 0.3 is 6.03 Å². The highest BCUT2D eigenvalue weighted by molar-refractivity contribution is 7.98. The minimum Gasteiger partial charge on any atom is -0.280 e. The highest BCUT2D eigenvalue weighted by atomic mass is 32.2. The maximum atomic E-state index is 11.9. The Hall–Kier alpha value is -1.20. The number of rotatable bonds is 5. The summed E-state index contributed by atoms with van der Waals surface area (Å²) in [6.07, 6.45) is 2.37. The van der Waals surface area contributed by atoms with Gasteiger partial charge in [0.05, 0.1) is 4.75 Å². The molecule has 0 aliphatic heterocycles. The van der Waals surface area contributed by atoms with Crippen molar-refractivity contribution in [2.24, 2.45) is 11.8 Å². The van der Waals surface area contributed by atoms with Crippen molar-refractivity contribution in [2.75, 3.05) is 6.54 Å². The highest BCUT2D eigenvalue weighted by Crippen LogP contribution is 2.33. The topological polar surface area (TPSA) is 58.4 Å². The molecule has 1 aliphatic carbocycles. The van der Waals surface area contributed by atoms with Crippen molar-refractivity contribution < 1.29 is 4.79 Å². The molecule has 1 saturated carbocycles. The zero-order valence-electron chi connectivity index (χ0n) is 11.4. The third-order valence-electron chi connectivity index (χ3n) is 3.28. The average Bonchev–Trinajstić information content (AvgIpc) is 3.21. The van der Waals surface area contributed by atoms with Gasteiger partial charge in [0.1, 0.15) is 0 Å². The molecule has 0 atom stereocenters. The van der Waals surface area contributed by atoms with E-state index < -0.39 is 0 Å². The standard InChI is InChI=1S/C14H21N3OS/c1-14(2,12-6-4-3-5-7-12)19-16-13(18)17(15)10-11-8-9-11/h3-7,11H,8-10,15H2,1-2H3,(H,16,18). The Morgan fingerprint density at radius 1 is 1.42 bits per heavy atom. The molecule has 4 nitrogen and oxygen atoms in total. The second-order valence-corrected chi connectivity index (χ2v) is 6.91. The quantitative estimate of drug-likeness (QED) is 0.377. The fourth-order valence-corrected chi connectivity index (χ4v) is 2.50. The lowest BCUT2D eigenvalue weighted by Crippen LogP contribution is -2.44. The van der Waals surface area contributed by atoms with Crippen LogP contribution in [0, 0.1) is 5.92 Å². The summed E-state index contributed by atoms with van der Waals surface area (Å²) in [7, 11) is 0. The van der Waals surface area contributed by atoms with Gasteiger partial charge in [-0.25, -0.2) is 10.6 Å². The van der Waals surface area contributed by atoms with E-state index in [1.807, 2.05) is 18.2 Å². The van der Waals surface area contributed by atoms with Crippen molar-refractivity contribution in [1.29, 1.82) is 0 Å². The molecule has 1 aliphatic rings. The van der Waals surface area contributed by atoms with Gasteiger partial charge in [-0.2, -0.15) is 0 Å². The maximum absolute atomic E-state index is 11.9. The van der Waals surface area contributed by atoms with Crippen LogP contribution in [-0.2, 0) is 4.75 Å². The summed E-state index contributed by atoms with van der Waals surface area (Å²) in [4.78, 5) is 11.9. The van der Waals surface area contributed by atoms with Crippen LogP contribution in [0.1, 0.15) is 32.3 Å². The average molecular weight is 279 g/mol. The van der Waals surface area contributed by atoms with E-state index in [1.165, 1.54) is 35.4 Å². The van der Waals surface area contributed by atoms with Crippen molar-refractivity contribution in [3.8, 4) is 0 Å². The van der Waals surface area contributed by atoms with Gasteiger partial charge in [0.15, 0.2) is 0 Å². The molecule has 0 bridgehead atoms. The minimum atomic E-state index is -0.221. The first-order valence-electron chi connectivity index (χ1n) is 6.55. The number of urea groups is 1. The van der Waals surface area contributed by atoms with Gasteiger partial charge in [0, 0.05) is 6.54 Å².